The molecular weight excluding hydrogens is 344 g/mol. The Hall–Kier alpha value is -2.34. The summed E-state index contributed by atoms with van der Waals surface area (Å²) in [5.41, 5.74) is 4.16. The van der Waals surface area contributed by atoms with Crippen LogP contribution in [-0.2, 0) is 27.1 Å². The maximum atomic E-state index is 12.5. The Bertz CT molecular complexity index is 862. The molecule has 1 aromatic carbocycles. The Morgan fingerprint density at radius 3 is 2.70 bits per heavy atom. The Morgan fingerprint density at radius 1 is 1.19 bits per heavy atom. The molecule has 4 rings (SSSR count). The van der Waals surface area contributed by atoms with E-state index in [4.69, 9.17) is 9.47 Å². The quantitative estimate of drug-likeness (QED) is 0.844. The number of carbonyl (C=O) groups excluding carboxylic acids is 2. The van der Waals surface area contributed by atoms with Gasteiger partial charge in [0.1, 0.15) is 0 Å². The van der Waals surface area contributed by atoms with Crippen molar-refractivity contribution in [2.24, 2.45) is 0 Å². The molecular formula is C21H26N2O4. The molecule has 1 saturated heterocycles. The van der Waals surface area contributed by atoms with Crippen LogP contribution in [0.2, 0.25) is 0 Å². The number of nitrogens with zero attached hydrogens (tertiary/aromatic N) is 1. The van der Waals surface area contributed by atoms with Gasteiger partial charge < -0.3 is 19.4 Å². The zero-order valence-corrected chi connectivity index (χ0v) is 15.9. The van der Waals surface area contributed by atoms with Gasteiger partial charge >= 0.3 is 5.97 Å². The molecule has 144 valence electrons. The van der Waals surface area contributed by atoms with Gasteiger partial charge in [-0.3, -0.25) is 4.79 Å². The predicted molar refractivity (Wildman–Crippen MR) is 102 cm³/mol. The smallest absolute Gasteiger partial charge is 0.338 e. The van der Waals surface area contributed by atoms with Crippen molar-refractivity contribution in [2.45, 2.75) is 51.7 Å². The van der Waals surface area contributed by atoms with E-state index in [0.29, 0.717) is 18.7 Å². The largest absolute Gasteiger partial charge is 0.452 e. The number of H-pyrrole nitrogens is 1. The lowest BCUT2D eigenvalue weighted by molar-refractivity contribution is -0.146. The van der Waals surface area contributed by atoms with E-state index in [9.17, 15) is 9.59 Å². The third-order valence-corrected chi connectivity index (χ3v) is 5.43. The Kier molecular flexibility index (Phi) is 4.91. The number of hydrogen-bond acceptors (Lipinski definition) is 4. The van der Waals surface area contributed by atoms with Crippen LogP contribution in [0.4, 0.5) is 0 Å². The fraction of sp³-hybridized carbons (Fsp3) is 0.524. The zero-order valence-electron chi connectivity index (χ0n) is 15.9. The number of hydrogen-bond donors (Lipinski definition) is 1. The van der Waals surface area contributed by atoms with E-state index in [-0.39, 0.29) is 24.7 Å². The second-order valence-corrected chi connectivity index (χ2v) is 7.68. The second kappa shape index (κ2) is 7.35. The van der Waals surface area contributed by atoms with E-state index in [1.165, 1.54) is 24.1 Å². The monoisotopic (exact) mass is 370 g/mol. The van der Waals surface area contributed by atoms with Crippen LogP contribution in [0.5, 0.6) is 0 Å². The Balaban J connectivity index is 1.43. The van der Waals surface area contributed by atoms with Crippen LogP contribution in [0.15, 0.2) is 18.2 Å². The minimum absolute atomic E-state index is 0.00410. The molecule has 1 N–H and O–H groups in total. The van der Waals surface area contributed by atoms with Crippen LogP contribution >= 0.6 is 0 Å². The van der Waals surface area contributed by atoms with Gasteiger partial charge in [-0.25, -0.2) is 4.79 Å². The van der Waals surface area contributed by atoms with E-state index in [0.717, 1.165) is 23.7 Å². The highest BCUT2D eigenvalue weighted by atomic mass is 16.5. The number of carbonyl (C=O) groups is 2. The third-order valence-electron chi connectivity index (χ3n) is 5.43. The van der Waals surface area contributed by atoms with Crippen molar-refractivity contribution >= 4 is 22.8 Å². The molecule has 1 aliphatic heterocycles. The number of aromatic amines is 1. The van der Waals surface area contributed by atoms with Crippen LogP contribution < -0.4 is 0 Å². The van der Waals surface area contributed by atoms with Gasteiger partial charge in [-0.2, -0.15) is 0 Å². The Labute approximate surface area is 158 Å². The average molecular weight is 370 g/mol. The van der Waals surface area contributed by atoms with Gasteiger partial charge in [-0.15, -0.1) is 0 Å². The molecule has 0 bridgehead atoms. The molecule has 6 nitrogen and oxygen atoms in total. The van der Waals surface area contributed by atoms with Crippen LogP contribution in [0.25, 0.3) is 10.9 Å². The number of esters is 1. The van der Waals surface area contributed by atoms with Crippen molar-refractivity contribution in [1.82, 2.24) is 9.88 Å². The number of ether oxygens (including phenoxy) is 2. The molecule has 2 unspecified atom stereocenters. The van der Waals surface area contributed by atoms with Gasteiger partial charge in [-0.1, -0.05) is 0 Å². The molecule has 2 heterocycles. The number of rotatable bonds is 3. The lowest BCUT2D eigenvalue weighted by Gasteiger charge is -2.35. The number of nitrogens with one attached hydrogen (secondary N) is 1. The van der Waals surface area contributed by atoms with Crippen LogP contribution in [-0.4, -0.2) is 53.7 Å². The first kappa shape index (κ1) is 18.0. The van der Waals surface area contributed by atoms with Gasteiger partial charge in [0.2, 0.25) is 0 Å². The van der Waals surface area contributed by atoms with Gasteiger partial charge in [-0.05, 0) is 63.3 Å². The second-order valence-electron chi connectivity index (χ2n) is 7.68. The van der Waals surface area contributed by atoms with Gasteiger partial charge in [0.15, 0.2) is 6.61 Å². The molecule has 0 radical (unpaired) electrons. The van der Waals surface area contributed by atoms with E-state index < -0.39 is 5.97 Å². The number of morpholine rings is 1. The molecule has 1 aliphatic carbocycles. The molecule has 1 fully saturated rings. The molecule has 2 aliphatic rings. The molecule has 27 heavy (non-hydrogen) atoms. The Morgan fingerprint density at radius 2 is 1.93 bits per heavy atom. The van der Waals surface area contributed by atoms with Crippen molar-refractivity contribution in [3.05, 3.63) is 35.0 Å². The van der Waals surface area contributed by atoms with E-state index in [1.807, 2.05) is 26.0 Å². The van der Waals surface area contributed by atoms with Gasteiger partial charge in [0.05, 0.1) is 17.8 Å². The van der Waals surface area contributed by atoms with E-state index in [2.05, 4.69) is 4.98 Å². The summed E-state index contributed by atoms with van der Waals surface area (Å²) in [5.74, 6) is -0.629. The highest BCUT2D eigenvalue weighted by Crippen LogP contribution is 2.29. The molecule has 0 spiro atoms. The van der Waals surface area contributed by atoms with Crippen LogP contribution in [0.1, 0.15) is 48.3 Å². The zero-order chi connectivity index (χ0) is 19.0. The molecule has 1 amide bonds. The standard InChI is InChI=1S/C21H26N2O4/c1-13-10-23(11-14(2)27-13)20(24)12-26-21(25)15-7-8-19-17(9-15)16-5-3-4-6-18(16)22-19/h7-9,13-14,22H,3-6,10-12H2,1-2H3. The summed E-state index contributed by atoms with van der Waals surface area (Å²) in [6.07, 6.45) is 4.48. The maximum Gasteiger partial charge on any atom is 0.338 e. The fourth-order valence-electron chi connectivity index (χ4n) is 4.22. The lowest BCUT2D eigenvalue weighted by Crippen LogP contribution is -2.49. The van der Waals surface area contributed by atoms with E-state index in [1.54, 1.807) is 11.0 Å². The minimum Gasteiger partial charge on any atom is -0.452 e. The molecule has 0 saturated carbocycles. The summed E-state index contributed by atoms with van der Waals surface area (Å²) in [6, 6.07) is 5.58. The predicted octanol–water partition coefficient (Wildman–Crippen LogP) is 2.84. The molecule has 6 heteroatoms. The summed E-state index contributed by atoms with van der Waals surface area (Å²) in [7, 11) is 0. The maximum absolute atomic E-state index is 12.5. The van der Waals surface area contributed by atoms with Crippen molar-refractivity contribution in [3.63, 3.8) is 0 Å². The van der Waals surface area contributed by atoms with Crippen molar-refractivity contribution in [1.29, 1.82) is 0 Å². The highest BCUT2D eigenvalue weighted by molar-refractivity contribution is 5.97. The van der Waals surface area contributed by atoms with Crippen molar-refractivity contribution in [2.75, 3.05) is 19.7 Å². The summed E-state index contributed by atoms with van der Waals surface area (Å²) in [4.78, 5) is 30.0. The summed E-state index contributed by atoms with van der Waals surface area (Å²) in [5, 5.41) is 1.10. The van der Waals surface area contributed by atoms with E-state index >= 15 is 0 Å². The van der Waals surface area contributed by atoms with Crippen molar-refractivity contribution < 1.29 is 19.1 Å². The van der Waals surface area contributed by atoms with Crippen LogP contribution in [0.3, 0.4) is 0 Å². The summed E-state index contributed by atoms with van der Waals surface area (Å²) >= 11 is 0. The number of benzene rings is 1. The number of fused-ring (bicyclic) bond motifs is 3. The first-order valence-electron chi connectivity index (χ1n) is 9.75. The summed E-state index contributed by atoms with van der Waals surface area (Å²) < 4.78 is 10.9. The SMILES string of the molecule is CC1CN(C(=O)COC(=O)c2ccc3[nH]c4c(c3c2)CCCC4)CC(C)O1. The van der Waals surface area contributed by atoms with Crippen molar-refractivity contribution in [3.8, 4) is 0 Å². The fourth-order valence-corrected chi connectivity index (χ4v) is 4.22. The first-order chi connectivity index (χ1) is 13.0. The number of aryl methyl sites for hydroxylation is 2. The number of aromatic nitrogens is 1. The van der Waals surface area contributed by atoms with Gasteiger partial charge in [0.25, 0.3) is 5.91 Å². The average Bonchev–Trinajstić information content (AvgIpc) is 3.03. The van der Waals surface area contributed by atoms with Gasteiger partial charge in [0, 0.05) is 29.7 Å². The molecule has 1 aromatic heterocycles. The normalized spacial score (nSPS) is 22.5. The topological polar surface area (TPSA) is 71.6 Å². The third kappa shape index (κ3) is 3.72. The highest BCUT2D eigenvalue weighted by Gasteiger charge is 2.26. The lowest BCUT2D eigenvalue weighted by atomic mass is 9.95. The number of amides is 1. The summed E-state index contributed by atoms with van der Waals surface area (Å²) in [6.45, 7) is 4.70. The minimum atomic E-state index is -0.453. The van der Waals surface area contributed by atoms with Crippen LogP contribution in [0, 0.1) is 0 Å². The molecule has 2 atom stereocenters. The molecule has 2 aromatic rings. The first-order valence-corrected chi connectivity index (χ1v) is 9.75.